The van der Waals surface area contributed by atoms with E-state index >= 15 is 0 Å². The SMILES string of the molecule is COc1sc2c(c1C)CCC2. The van der Waals surface area contributed by atoms with Crippen molar-refractivity contribution >= 4 is 11.3 Å². The normalized spacial score (nSPS) is 15.1. The summed E-state index contributed by atoms with van der Waals surface area (Å²) in [5.41, 5.74) is 2.94. The summed E-state index contributed by atoms with van der Waals surface area (Å²) < 4.78 is 5.26. The van der Waals surface area contributed by atoms with Gasteiger partial charge in [0.05, 0.1) is 7.11 Å². The van der Waals surface area contributed by atoms with Crippen molar-refractivity contribution in [2.75, 3.05) is 7.11 Å². The van der Waals surface area contributed by atoms with Crippen LogP contribution in [0.25, 0.3) is 0 Å². The molecule has 0 unspecified atom stereocenters. The van der Waals surface area contributed by atoms with E-state index in [0.717, 1.165) is 5.06 Å². The van der Waals surface area contributed by atoms with Crippen molar-refractivity contribution in [1.29, 1.82) is 0 Å². The van der Waals surface area contributed by atoms with Crippen LogP contribution in [0.5, 0.6) is 5.06 Å². The average Bonchev–Trinajstić information content (AvgIpc) is 2.53. The van der Waals surface area contributed by atoms with E-state index in [1.54, 1.807) is 17.6 Å². The molecule has 0 spiro atoms. The number of rotatable bonds is 1. The Bertz CT molecular complexity index is 275. The minimum atomic E-state index is 1.12. The van der Waals surface area contributed by atoms with E-state index in [0.29, 0.717) is 0 Å². The van der Waals surface area contributed by atoms with E-state index in [2.05, 4.69) is 6.92 Å². The highest BCUT2D eigenvalue weighted by molar-refractivity contribution is 7.14. The summed E-state index contributed by atoms with van der Waals surface area (Å²) in [6.45, 7) is 2.17. The first-order chi connectivity index (χ1) is 5.33. The first kappa shape index (κ1) is 7.17. The summed E-state index contributed by atoms with van der Waals surface area (Å²) in [6.07, 6.45) is 3.87. The van der Waals surface area contributed by atoms with Crippen LogP contribution < -0.4 is 4.74 Å². The standard InChI is InChI=1S/C9H12OS/c1-6-7-4-3-5-8(7)11-9(6)10-2/h3-5H2,1-2H3. The minimum Gasteiger partial charge on any atom is -0.487 e. The fraction of sp³-hybridized carbons (Fsp3) is 0.556. The summed E-state index contributed by atoms with van der Waals surface area (Å²) in [7, 11) is 1.76. The molecule has 1 aliphatic rings. The summed E-state index contributed by atoms with van der Waals surface area (Å²) in [5, 5.41) is 1.12. The first-order valence-electron chi connectivity index (χ1n) is 3.98. The van der Waals surface area contributed by atoms with Gasteiger partial charge in [-0.25, -0.2) is 0 Å². The van der Waals surface area contributed by atoms with E-state index in [1.165, 1.54) is 24.8 Å². The summed E-state index contributed by atoms with van der Waals surface area (Å²) in [5.74, 6) is 0. The predicted molar refractivity (Wildman–Crippen MR) is 47.6 cm³/mol. The third-order valence-corrected chi connectivity index (χ3v) is 3.68. The van der Waals surface area contributed by atoms with Crippen LogP contribution in [0, 0.1) is 6.92 Å². The highest BCUT2D eigenvalue weighted by Gasteiger charge is 2.19. The Labute approximate surface area is 71.0 Å². The average molecular weight is 168 g/mol. The second kappa shape index (κ2) is 2.52. The smallest absolute Gasteiger partial charge is 0.176 e. The van der Waals surface area contributed by atoms with E-state index in [9.17, 15) is 0 Å². The van der Waals surface area contributed by atoms with Crippen LogP contribution in [0.15, 0.2) is 0 Å². The molecule has 1 aromatic rings. The Hall–Kier alpha value is -0.500. The Morgan fingerprint density at radius 1 is 1.36 bits per heavy atom. The molecule has 0 saturated carbocycles. The number of ether oxygens (including phenoxy) is 1. The van der Waals surface area contributed by atoms with E-state index in [-0.39, 0.29) is 0 Å². The van der Waals surface area contributed by atoms with Crippen LogP contribution in [0.4, 0.5) is 0 Å². The summed E-state index contributed by atoms with van der Waals surface area (Å²) in [6, 6.07) is 0. The van der Waals surface area contributed by atoms with Crippen molar-refractivity contribution in [2.24, 2.45) is 0 Å². The van der Waals surface area contributed by atoms with Crippen LogP contribution in [0.3, 0.4) is 0 Å². The molecule has 0 bridgehead atoms. The molecule has 0 saturated heterocycles. The second-order valence-electron chi connectivity index (χ2n) is 2.97. The van der Waals surface area contributed by atoms with Crippen molar-refractivity contribution in [1.82, 2.24) is 0 Å². The molecule has 0 radical (unpaired) electrons. The lowest BCUT2D eigenvalue weighted by molar-refractivity contribution is 0.424. The minimum absolute atomic E-state index is 1.12. The first-order valence-corrected chi connectivity index (χ1v) is 4.79. The lowest BCUT2D eigenvalue weighted by atomic mass is 10.2. The van der Waals surface area contributed by atoms with Gasteiger partial charge in [0, 0.05) is 10.4 Å². The van der Waals surface area contributed by atoms with Crippen LogP contribution in [0.2, 0.25) is 0 Å². The fourth-order valence-electron chi connectivity index (χ4n) is 1.73. The molecule has 11 heavy (non-hydrogen) atoms. The highest BCUT2D eigenvalue weighted by Crippen LogP contribution is 2.39. The molecule has 2 heteroatoms. The zero-order valence-electron chi connectivity index (χ0n) is 6.94. The van der Waals surface area contributed by atoms with Gasteiger partial charge in [-0.15, -0.1) is 11.3 Å². The molecule has 0 N–H and O–H groups in total. The van der Waals surface area contributed by atoms with Crippen molar-refractivity contribution in [3.63, 3.8) is 0 Å². The summed E-state index contributed by atoms with van der Waals surface area (Å²) >= 11 is 1.83. The molecule has 60 valence electrons. The van der Waals surface area contributed by atoms with Gasteiger partial charge in [0.1, 0.15) is 0 Å². The van der Waals surface area contributed by atoms with Crippen molar-refractivity contribution in [3.8, 4) is 5.06 Å². The number of methoxy groups -OCH3 is 1. The van der Waals surface area contributed by atoms with Crippen molar-refractivity contribution in [2.45, 2.75) is 26.2 Å². The van der Waals surface area contributed by atoms with Gasteiger partial charge in [0.25, 0.3) is 0 Å². The van der Waals surface area contributed by atoms with Gasteiger partial charge in [0.15, 0.2) is 5.06 Å². The molecule has 0 amide bonds. The van der Waals surface area contributed by atoms with Crippen LogP contribution in [-0.2, 0) is 12.8 Å². The lowest BCUT2D eigenvalue weighted by Crippen LogP contribution is -1.83. The van der Waals surface area contributed by atoms with Gasteiger partial charge >= 0.3 is 0 Å². The van der Waals surface area contributed by atoms with E-state index in [4.69, 9.17) is 4.74 Å². The second-order valence-corrected chi connectivity index (χ2v) is 4.04. The number of aryl methyl sites for hydroxylation is 1. The molecule has 0 aliphatic heterocycles. The summed E-state index contributed by atoms with van der Waals surface area (Å²) in [4.78, 5) is 1.55. The zero-order valence-corrected chi connectivity index (χ0v) is 7.75. The molecular weight excluding hydrogens is 156 g/mol. The fourth-order valence-corrected chi connectivity index (χ4v) is 2.94. The third kappa shape index (κ3) is 0.968. The number of fused-ring (bicyclic) bond motifs is 1. The lowest BCUT2D eigenvalue weighted by Gasteiger charge is -1.96. The van der Waals surface area contributed by atoms with Crippen LogP contribution in [0.1, 0.15) is 22.4 Å². The van der Waals surface area contributed by atoms with Crippen molar-refractivity contribution < 1.29 is 4.74 Å². The van der Waals surface area contributed by atoms with Gasteiger partial charge < -0.3 is 4.74 Å². The van der Waals surface area contributed by atoms with E-state index < -0.39 is 0 Å². The largest absolute Gasteiger partial charge is 0.487 e. The maximum absolute atomic E-state index is 5.26. The Morgan fingerprint density at radius 3 is 2.82 bits per heavy atom. The Balaban J connectivity index is 2.49. The molecule has 0 atom stereocenters. The van der Waals surface area contributed by atoms with Crippen molar-refractivity contribution in [3.05, 3.63) is 16.0 Å². The highest BCUT2D eigenvalue weighted by atomic mass is 32.1. The zero-order chi connectivity index (χ0) is 7.84. The third-order valence-electron chi connectivity index (χ3n) is 2.33. The topological polar surface area (TPSA) is 9.23 Å². The molecule has 1 aromatic heterocycles. The monoisotopic (exact) mass is 168 g/mol. The molecule has 1 nitrogen and oxygen atoms in total. The van der Waals surface area contributed by atoms with Gasteiger partial charge in [-0.3, -0.25) is 0 Å². The number of hydrogen-bond donors (Lipinski definition) is 0. The molecule has 1 heterocycles. The van der Waals surface area contributed by atoms with Crippen LogP contribution >= 0.6 is 11.3 Å². The van der Waals surface area contributed by atoms with E-state index in [1.807, 2.05) is 11.3 Å². The van der Waals surface area contributed by atoms with Gasteiger partial charge in [-0.1, -0.05) is 0 Å². The quantitative estimate of drug-likeness (QED) is 0.626. The maximum atomic E-state index is 5.26. The van der Waals surface area contributed by atoms with Gasteiger partial charge in [-0.05, 0) is 31.7 Å². The van der Waals surface area contributed by atoms with Crippen LogP contribution in [-0.4, -0.2) is 7.11 Å². The molecule has 1 aliphatic carbocycles. The molecule has 0 aromatic carbocycles. The Kier molecular flexibility index (Phi) is 1.64. The van der Waals surface area contributed by atoms with Gasteiger partial charge in [0.2, 0.25) is 0 Å². The predicted octanol–water partition coefficient (Wildman–Crippen LogP) is 2.55. The number of hydrogen-bond acceptors (Lipinski definition) is 2. The van der Waals surface area contributed by atoms with Gasteiger partial charge in [-0.2, -0.15) is 0 Å². The number of thiophene rings is 1. The molecular formula is C9H12OS. The molecule has 0 fully saturated rings. The Morgan fingerprint density at radius 2 is 2.18 bits per heavy atom. The molecule has 2 rings (SSSR count). The maximum Gasteiger partial charge on any atom is 0.176 e.